The third kappa shape index (κ3) is 6.38. The second-order valence-corrected chi connectivity index (χ2v) is 9.83. The summed E-state index contributed by atoms with van der Waals surface area (Å²) in [6.45, 7) is 0.850. The summed E-state index contributed by atoms with van der Waals surface area (Å²) in [6.07, 6.45) is 0.0512. The fourth-order valence-electron chi connectivity index (χ4n) is 5.05. The molecule has 3 atom stereocenters. The number of ether oxygens (including phenoxy) is 2. The van der Waals surface area contributed by atoms with E-state index >= 15 is 0 Å². The summed E-state index contributed by atoms with van der Waals surface area (Å²) in [6, 6.07) is 22.8. The number of nitrogens with one attached hydrogen (secondary N) is 2. The van der Waals surface area contributed by atoms with Crippen LogP contribution in [0.25, 0.3) is 11.1 Å². The smallest absolute Gasteiger partial charge is 0.408 e. The van der Waals surface area contributed by atoms with Gasteiger partial charge in [0, 0.05) is 24.7 Å². The lowest BCUT2D eigenvalue weighted by Gasteiger charge is -2.29. The summed E-state index contributed by atoms with van der Waals surface area (Å²) in [4.78, 5) is 41.2. The van der Waals surface area contributed by atoms with E-state index in [1.807, 2.05) is 66.7 Å². The topological polar surface area (TPSA) is 123 Å². The van der Waals surface area contributed by atoms with Crippen molar-refractivity contribution in [1.82, 2.24) is 15.5 Å². The third-order valence-corrected chi connectivity index (χ3v) is 7.01. The average molecular weight is 529 g/mol. The lowest BCUT2D eigenvalue weighted by molar-refractivity contribution is -0.135. The van der Waals surface area contributed by atoms with E-state index in [-0.39, 0.29) is 50.1 Å². The molecular formula is C30H32N4O5. The molecule has 9 heteroatoms. The number of amides is 3. The number of fused-ring (bicyclic) bond motifs is 5. The van der Waals surface area contributed by atoms with Crippen LogP contribution in [0.15, 0.2) is 78.9 Å². The minimum atomic E-state index is -0.914. The Morgan fingerprint density at radius 2 is 1.79 bits per heavy atom. The van der Waals surface area contributed by atoms with Crippen LogP contribution in [0.2, 0.25) is 0 Å². The van der Waals surface area contributed by atoms with Crippen molar-refractivity contribution in [2.24, 2.45) is 5.73 Å². The largest absolute Gasteiger partial charge is 0.491 e. The fourth-order valence-corrected chi connectivity index (χ4v) is 5.05. The summed E-state index contributed by atoms with van der Waals surface area (Å²) < 4.78 is 11.5. The van der Waals surface area contributed by atoms with E-state index in [9.17, 15) is 14.4 Å². The molecule has 0 saturated carbocycles. The first kappa shape index (κ1) is 26.2. The van der Waals surface area contributed by atoms with Crippen LogP contribution < -0.4 is 21.1 Å². The van der Waals surface area contributed by atoms with Crippen molar-refractivity contribution in [3.63, 3.8) is 0 Å². The standard InChI is InChI=1S/C30H32N4O5/c31-22-16-23-19-38-24-10-6-9-21(15-24)25-11-4-5-12-26(25)28(35)32-14-13-27(29(36)34(23)17-22)33-30(37)39-18-20-7-2-1-3-8-20/h1-12,15,22-23,27H,13-14,16-19,31H2,(H,32,35)(H,33,37)/t22-,23-,27+/m0/s1. The number of alkyl carbamates (subject to hydrolysis) is 1. The summed E-state index contributed by atoms with van der Waals surface area (Å²) in [5, 5.41) is 5.62. The molecule has 3 amide bonds. The van der Waals surface area contributed by atoms with Gasteiger partial charge in [0.1, 0.15) is 25.0 Å². The van der Waals surface area contributed by atoms with E-state index in [0.717, 1.165) is 16.7 Å². The molecule has 1 saturated heterocycles. The highest BCUT2D eigenvalue weighted by molar-refractivity contribution is 6.01. The van der Waals surface area contributed by atoms with Crippen molar-refractivity contribution >= 4 is 17.9 Å². The molecule has 0 unspecified atom stereocenters. The molecular weight excluding hydrogens is 496 g/mol. The van der Waals surface area contributed by atoms with Gasteiger partial charge in [-0.25, -0.2) is 4.79 Å². The monoisotopic (exact) mass is 528 g/mol. The Hall–Kier alpha value is -4.37. The molecule has 5 rings (SSSR count). The number of rotatable bonds is 3. The van der Waals surface area contributed by atoms with Gasteiger partial charge < -0.3 is 30.7 Å². The van der Waals surface area contributed by atoms with E-state index in [0.29, 0.717) is 24.3 Å². The highest BCUT2D eigenvalue weighted by Gasteiger charge is 2.38. The fraction of sp³-hybridized carbons (Fsp3) is 0.300. The Balaban J connectivity index is 1.38. The van der Waals surface area contributed by atoms with E-state index < -0.39 is 12.1 Å². The van der Waals surface area contributed by atoms with Gasteiger partial charge in [-0.3, -0.25) is 9.59 Å². The molecule has 39 heavy (non-hydrogen) atoms. The van der Waals surface area contributed by atoms with Crippen LogP contribution in [0.1, 0.15) is 28.8 Å². The zero-order valence-corrected chi connectivity index (χ0v) is 21.5. The van der Waals surface area contributed by atoms with Gasteiger partial charge in [-0.15, -0.1) is 0 Å². The molecule has 2 aliphatic rings. The molecule has 9 nitrogen and oxygen atoms in total. The molecule has 0 aliphatic carbocycles. The van der Waals surface area contributed by atoms with Crippen molar-refractivity contribution in [2.45, 2.75) is 37.6 Å². The molecule has 2 bridgehead atoms. The van der Waals surface area contributed by atoms with Crippen LogP contribution in [0.5, 0.6) is 5.75 Å². The summed E-state index contributed by atoms with van der Waals surface area (Å²) in [7, 11) is 0. The highest BCUT2D eigenvalue weighted by Crippen LogP contribution is 2.28. The molecule has 4 N–H and O–H groups in total. The van der Waals surface area contributed by atoms with Crippen LogP contribution in [0.4, 0.5) is 4.79 Å². The highest BCUT2D eigenvalue weighted by atomic mass is 16.5. The minimum absolute atomic E-state index is 0.0740. The van der Waals surface area contributed by atoms with E-state index in [1.165, 1.54) is 0 Å². The number of hydrogen-bond donors (Lipinski definition) is 3. The van der Waals surface area contributed by atoms with E-state index in [4.69, 9.17) is 15.2 Å². The lowest BCUT2D eigenvalue weighted by Crippen LogP contribution is -2.52. The molecule has 3 aromatic carbocycles. The normalized spacial score (nSPS) is 21.4. The summed E-state index contributed by atoms with van der Waals surface area (Å²) in [5.41, 5.74) is 9.21. The second kappa shape index (κ2) is 12.0. The first-order chi connectivity index (χ1) is 19.0. The number of benzene rings is 3. The average Bonchev–Trinajstić information content (AvgIpc) is 3.34. The minimum Gasteiger partial charge on any atom is -0.491 e. The van der Waals surface area contributed by atoms with Crippen molar-refractivity contribution in [1.29, 1.82) is 0 Å². The number of carbonyl (C=O) groups excluding carboxylic acids is 3. The van der Waals surface area contributed by atoms with Crippen molar-refractivity contribution in [3.8, 4) is 16.9 Å². The zero-order chi connectivity index (χ0) is 27.2. The quantitative estimate of drug-likeness (QED) is 0.480. The lowest BCUT2D eigenvalue weighted by atomic mass is 9.99. The van der Waals surface area contributed by atoms with Crippen LogP contribution in [0.3, 0.4) is 0 Å². The number of nitrogens with two attached hydrogens (primary N) is 1. The molecule has 0 radical (unpaired) electrons. The van der Waals surface area contributed by atoms with Gasteiger partial charge in [-0.1, -0.05) is 60.7 Å². The van der Waals surface area contributed by atoms with Gasteiger partial charge in [-0.05, 0) is 47.7 Å². The van der Waals surface area contributed by atoms with Crippen molar-refractivity contribution < 1.29 is 23.9 Å². The number of hydrogen-bond acceptors (Lipinski definition) is 6. The Morgan fingerprint density at radius 3 is 2.62 bits per heavy atom. The first-order valence-electron chi connectivity index (χ1n) is 13.1. The molecule has 1 fully saturated rings. The maximum atomic E-state index is 13.7. The van der Waals surface area contributed by atoms with Crippen LogP contribution >= 0.6 is 0 Å². The SMILES string of the molecule is N[C@H]1C[C@H]2COc3cccc(c3)-c3ccccc3C(=O)NCC[C@@H](NC(=O)OCc3ccccc3)C(=O)N2C1. The number of nitrogens with zero attached hydrogens (tertiary/aromatic N) is 1. The molecule has 2 heterocycles. The first-order valence-corrected chi connectivity index (χ1v) is 13.1. The molecule has 3 aromatic rings. The Labute approximate surface area is 227 Å². The molecule has 202 valence electrons. The zero-order valence-electron chi connectivity index (χ0n) is 21.5. The second-order valence-electron chi connectivity index (χ2n) is 9.83. The van der Waals surface area contributed by atoms with E-state index in [1.54, 1.807) is 17.0 Å². The Bertz CT molecular complexity index is 1330. The van der Waals surface area contributed by atoms with Crippen molar-refractivity contribution in [3.05, 3.63) is 90.0 Å². The van der Waals surface area contributed by atoms with Gasteiger partial charge in [0.05, 0.1) is 6.04 Å². The third-order valence-electron chi connectivity index (χ3n) is 7.01. The van der Waals surface area contributed by atoms with Crippen LogP contribution in [0, 0.1) is 0 Å². The van der Waals surface area contributed by atoms with Gasteiger partial charge in [0.15, 0.2) is 0 Å². The van der Waals surface area contributed by atoms with Crippen LogP contribution in [-0.2, 0) is 16.1 Å². The molecule has 0 spiro atoms. The van der Waals surface area contributed by atoms with Gasteiger partial charge in [0.25, 0.3) is 5.91 Å². The van der Waals surface area contributed by atoms with E-state index in [2.05, 4.69) is 10.6 Å². The predicted octanol–water partition coefficient (Wildman–Crippen LogP) is 3.09. The summed E-state index contributed by atoms with van der Waals surface area (Å²) >= 11 is 0. The van der Waals surface area contributed by atoms with Gasteiger partial charge in [-0.2, -0.15) is 0 Å². The van der Waals surface area contributed by atoms with Crippen molar-refractivity contribution in [2.75, 3.05) is 19.7 Å². The summed E-state index contributed by atoms with van der Waals surface area (Å²) in [5.74, 6) is 0.0711. The van der Waals surface area contributed by atoms with Gasteiger partial charge >= 0.3 is 6.09 Å². The maximum absolute atomic E-state index is 13.7. The molecule has 0 aromatic heterocycles. The molecule has 2 aliphatic heterocycles. The Kier molecular flexibility index (Phi) is 8.07. The van der Waals surface area contributed by atoms with Gasteiger partial charge in [0.2, 0.25) is 5.91 Å². The van der Waals surface area contributed by atoms with Crippen LogP contribution in [-0.4, -0.2) is 60.6 Å². The number of carbonyl (C=O) groups is 3. The maximum Gasteiger partial charge on any atom is 0.408 e. The Morgan fingerprint density at radius 1 is 1.03 bits per heavy atom. The predicted molar refractivity (Wildman–Crippen MR) is 146 cm³/mol.